The average molecular weight is 224 g/mol. The Morgan fingerprint density at radius 3 is 2.62 bits per heavy atom. The minimum atomic E-state index is -0.983. The molecule has 0 saturated heterocycles. The summed E-state index contributed by atoms with van der Waals surface area (Å²) in [6, 6.07) is 6.92. The Bertz CT molecular complexity index is 357. The molecule has 0 unspecified atom stereocenters. The zero-order valence-electron chi connectivity index (χ0n) is 8.73. The summed E-state index contributed by atoms with van der Waals surface area (Å²) in [5.74, 6) is -0.329. The minimum Gasteiger partial charge on any atom is -0.493 e. The second-order valence-corrected chi connectivity index (χ2v) is 3.13. The largest absolute Gasteiger partial charge is 0.493 e. The highest BCUT2D eigenvalue weighted by Crippen LogP contribution is 2.13. The molecule has 0 heterocycles. The molecular weight excluding hydrogens is 211 g/mol. The molecule has 0 bridgehead atoms. The monoisotopic (exact) mass is 224 g/mol. The number of rotatable bonds is 6. The van der Waals surface area contributed by atoms with Gasteiger partial charge in [0.1, 0.15) is 5.75 Å². The van der Waals surface area contributed by atoms with Gasteiger partial charge in [0, 0.05) is 12.5 Å². The van der Waals surface area contributed by atoms with Crippen LogP contribution < -0.4 is 4.74 Å². The van der Waals surface area contributed by atoms with E-state index in [1.165, 1.54) is 6.08 Å². The summed E-state index contributed by atoms with van der Waals surface area (Å²) in [4.78, 5) is 10.3. The number of carboxylic acid groups (broad SMARTS) is 1. The zero-order valence-corrected chi connectivity index (χ0v) is 8.73. The number of alkyl halides is 1. The lowest BCUT2D eigenvalue weighted by molar-refractivity contribution is -0.131. The van der Waals surface area contributed by atoms with Crippen molar-refractivity contribution in [3.63, 3.8) is 0 Å². The van der Waals surface area contributed by atoms with Crippen LogP contribution in [0.2, 0.25) is 0 Å². The molecule has 3 nitrogen and oxygen atoms in total. The normalized spacial score (nSPS) is 10.6. The first-order valence-corrected chi connectivity index (χ1v) is 4.92. The van der Waals surface area contributed by atoms with Gasteiger partial charge in [0.25, 0.3) is 0 Å². The number of hydrogen-bond donors (Lipinski definition) is 1. The van der Waals surface area contributed by atoms with Gasteiger partial charge < -0.3 is 9.84 Å². The Morgan fingerprint density at radius 1 is 1.38 bits per heavy atom. The molecule has 4 heteroatoms. The number of ether oxygens (including phenoxy) is 1. The van der Waals surface area contributed by atoms with Crippen LogP contribution in [0.1, 0.15) is 12.0 Å². The maximum absolute atomic E-state index is 11.8. The first kappa shape index (κ1) is 12.2. The summed E-state index contributed by atoms with van der Waals surface area (Å²) >= 11 is 0. The van der Waals surface area contributed by atoms with Crippen molar-refractivity contribution in [2.24, 2.45) is 0 Å². The van der Waals surface area contributed by atoms with Gasteiger partial charge in [-0.2, -0.15) is 0 Å². The molecule has 0 saturated carbocycles. The van der Waals surface area contributed by atoms with Crippen molar-refractivity contribution in [1.82, 2.24) is 0 Å². The van der Waals surface area contributed by atoms with Crippen LogP contribution >= 0.6 is 0 Å². The molecule has 1 aromatic rings. The number of carbonyl (C=O) groups is 1. The summed E-state index contributed by atoms with van der Waals surface area (Å²) in [5.41, 5.74) is 0.778. The van der Waals surface area contributed by atoms with Gasteiger partial charge >= 0.3 is 5.97 Å². The van der Waals surface area contributed by atoms with Crippen LogP contribution in [0.5, 0.6) is 5.75 Å². The SMILES string of the molecule is O=C(O)C=Cc1ccc(OCCCF)cc1. The number of carboxylic acids is 1. The topological polar surface area (TPSA) is 46.5 Å². The summed E-state index contributed by atoms with van der Waals surface area (Å²) < 4.78 is 17.0. The molecule has 86 valence electrons. The first-order valence-electron chi connectivity index (χ1n) is 4.92. The van der Waals surface area contributed by atoms with E-state index < -0.39 is 5.97 Å². The molecule has 1 N–H and O–H groups in total. The predicted octanol–water partition coefficient (Wildman–Crippen LogP) is 2.52. The van der Waals surface area contributed by atoms with Crippen LogP contribution in [0.4, 0.5) is 4.39 Å². The summed E-state index contributed by atoms with van der Waals surface area (Å²) in [7, 11) is 0. The van der Waals surface area contributed by atoms with Crippen molar-refractivity contribution in [2.75, 3.05) is 13.3 Å². The third kappa shape index (κ3) is 4.59. The van der Waals surface area contributed by atoms with Gasteiger partial charge in [-0.25, -0.2) is 4.79 Å². The van der Waals surface area contributed by atoms with Crippen molar-refractivity contribution in [3.05, 3.63) is 35.9 Å². The van der Waals surface area contributed by atoms with Crippen molar-refractivity contribution in [1.29, 1.82) is 0 Å². The van der Waals surface area contributed by atoms with E-state index in [1.54, 1.807) is 24.3 Å². The second-order valence-electron chi connectivity index (χ2n) is 3.13. The van der Waals surface area contributed by atoms with Crippen molar-refractivity contribution in [2.45, 2.75) is 6.42 Å². The highest BCUT2D eigenvalue weighted by molar-refractivity contribution is 5.85. The summed E-state index contributed by atoms with van der Waals surface area (Å²) in [6.45, 7) is -0.0414. The fraction of sp³-hybridized carbons (Fsp3) is 0.250. The van der Waals surface area contributed by atoms with E-state index in [-0.39, 0.29) is 6.67 Å². The Kier molecular flexibility index (Phi) is 5.05. The fourth-order valence-corrected chi connectivity index (χ4v) is 1.09. The quantitative estimate of drug-likeness (QED) is 0.596. The second kappa shape index (κ2) is 6.61. The highest BCUT2D eigenvalue weighted by atomic mass is 19.1. The molecule has 0 atom stereocenters. The van der Waals surface area contributed by atoms with E-state index >= 15 is 0 Å². The van der Waals surface area contributed by atoms with Gasteiger partial charge in [0.05, 0.1) is 13.3 Å². The number of benzene rings is 1. The Hall–Kier alpha value is -1.84. The number of aliphatic carboxylic acids is 1. The minimum absolute atomic E-state index is 0.348. The van der Waals surface area contributed by atoms with Crippen molar-refractivity contribution >= 4 is 12.0 Å². The lowest BCUT2D eigenvalue weighted by Crippen LogP contribution is -1.97. The molecule has 0 aliphatic heterocycles. The van der Waals surface area contributed by atoms with Crippen LogP contribution in [-0.4, -0.2) is 24.4 Å². The molecule has 0 spiro atoms. The van der Waals surface area contributed by atoms with Crippen LogP contribution in [0.15, 0.2) is 30.3 Å². The molecule has 0 aliphatic rings. The van der Waals surface area contributed by atoms with Gasteiger partial charge in [-0.3, -0.25) is 4.39 Å². The van der Waals surface area contributed by atoms with Gasteiger partial charge in [0.15, 0.2) is 0 Å². The zero-order chi connectivity index (χ0) is 11.8. The third-order valence-electron chi connectivity index (χ3n) is 1.85. The smallest absolute Gasteiger partial charge is 0.328 e. The van der Waals surface area contributed by atoms with Gasteiger partial charge in [-0.05, 0) is 23.8 Å². The van der Waals surface area contributed by atoms with E-state index in [4.69, 9.17) is 9.84 Å². The van der Waals surface area contributed by atoms with Crippen LogP contribution in [0.25, 0.3) is 6.08 Å². The van der Waals surface area contributed by atoms with E-state index in [2.05, 4.69) is 0 Å². The van der Waals surface area contributed by atoms with Crippen LogP contribution in [0.3, 0.4) is 0 Å². The lowest BCUT2D eigenvalue weighted by atomic mass is 10.2. The van der Waals surface area contributed by atoms with E-state index in [0.717, 1.165) is 11.6 Å². The van der Waals surface area contributed by atoms with E-state index in [9.17, 15) is 9.18 Å². The van der Waals surface area contributed by atoms with Gasteiger partial charge in [-0.15, -0.1) is 0 Å². The Balaban J connectivity index is 2.51. The number of hydrogen-bond acceptors (Lipinski definition) is 2. The molecule has 16 heavy (non-hydrogen) atoms. The summed E-state index contributed by atoms with van der Waals surface area (Å²) in [6.07, 6.45) is 2.94. The van der Waals surface area contributed by atoms with Crippen LogP contribution in [-0.2, 0) is 4.79 Å². The molecule has 0 aromatic heterocycles. The van der Waals surface area contributed by atoms with E-state index in [0.29, 0.717) is 18.8 Å². The maximum Gasteiger partial charge on any atom is 0.328 e. The lowest BCUT2D eigenvalue weighted by Gasteiger charge is -2.04. The summed E-state index contributed by atoms with van der Waals surface area (Å²) in [5, 5.41) is 8.43. The Morgan fingerprint density at radius 2 is 2.06 bits per heavy atom. The van der Waals surface area contributed by atoms with Crippen molar-refractivity contribution in [3.8, 4) is 5.75 Å². The molecule has 0 fully saturated rings. The average Bonchev–Trinajstić information content (AvgIpc) is 2.28. The van der Waals surface area contributed by atoms with Gasteiger partial charge in [0.2, 0.25) is 0 Å². The van der Waals surface area contributed by atoms with Crippen molar-refractivity contribution < 1.29 is 19.0 Å². The molecule has 1 rings (SSSR count). The molecule has 0 amide bonds. The highest BCUT2D eigenvalue weighted by Gasteiger charge is 1.94. The molecule has 1 aromatic carbocycles. The first-order chi connectivity index (χ1) is 7.72. The molecule has 0 radical (unpaired) electrons. The third-order valence-corrected chi connectivity index (χ3v) is 1.85. The maximum atomic E-state index is 11.8. The van der Waals surface area contributed by atoms with Crippen LogP contribution in [0, 0.1) is 0 Å². The Labute approximate surface area is 93.2 Å². The van der Waals surface area contributed by atoms with E-state index in [1.807, 2.05) is 0 Å². The molecule has 0 aliphatic carbocycles. The fourth-order valence-electron chi connectivity index (χ4n) is 1.09. The predicted molar refractivity (Wildman–Crippen MR) is 59.2 cm³/mol. The standard InChI is InChI=1S/C12H13FO3/c13-8-1-9-16-11-5-2-10(3-6-11)4-7-12(14)15/h2-7H,1,8-9H2,(H,14,15). The number of halogens is 1. The molecular formula is C12H13FO3. The van der Waals surface area contributed by atoms with Gasteiger partial charge in [-0.1, -0.05) is 12.1 Å².